The summed E-state index contributed by atoms with van der Waals surface area (Å²) in [5, 5.41) is 5.10. The number of H-pyrrole nitrogens is 1. The summed E-state index contributed by atoms with van der Waals surface area (Å²) in [7, 11) is -2.00. The summed E-state index contributed by atoms with van der Waals surface area (Å²) in [5.74, 6) is 0.446. The molecule has 0 fully saturated rings. The minimum atomic E-state index is -3.59. The monoisotopic (exact) mass is 547 g/mol. The predicted octanol–water partition coefficient (Wildman–Crippen LogP) is 2.03. The van der Waals surface area contributed by atoms with Crippen molar-refractivity contribution in [1.29, 1.82) is 0 Å². The summed E-state index contributed by atoms with van der Waals surface area (Å²) in [4.78, 5) is 26.1. The van der Waals surface area contributed by atoms with E-state index in [1.54, 1.807) is 37.4 Å². The zero-order valence-electron chi connectivity index (χ0n) is 21.0. The van der Waals surface area contributed by atoms with Crippen molar-refractivity contribution in [2.24, 2.45) is 5.14 Å². The Morgan fingerprint density at radius 2 is 1.66 bits per heavy atom. The Balaban J connectivity index is 0.00000306. The summed E-state index contributed by atoms with van der Waals surface area (Å²) in [6, 6.07) is 12.0. The van der Waals surface area contributed by atoms with E-state index in [1.165, 1.54) is 16.8 Å². The van der Waals surface area contributed by atoms with Crippen molar-refractivity contribution in [3.63, 3.8) is 0 Å². The van der Waals surface area contributed by atoms with Gasteiger partial charge in [0.25, 0.3) is 5.56 Å². The Labute approximate surface area is 290 Å². The first-order valence-electron chi connectivity index (χ1n) is 10.2. The van der Waals surface area contributed by atoms with Crippen molar-refractivity contribution >= 4 is 125 Å². The molecular weight excluding hydrogens is 521 g/mol. The molecule has 1 heterocycles. The van der Waals surface area contributed by atoms with E-state index in [1.807, 2.05) is 39.0 Å². The van der Waals surface area contributed by atoms with Crippen LogP contribution in [0.2, 0.25) is 0 Å². The zero-order chi connectivity index (χ0) is 24.4. The van der Waals surface area contributed by atoms with E-state index < -0.39 is 21.3 Å². The molecular formula is C24H27K2N3O5S. The van der Waals surface area contributed by atoms with Gasteiger partial charge in [-0.15, -0.1) is 0 Å². The number of nitrogens with two attached hydrogens (primary N) is 1. The second kappa shape index (κ2) is 13.6. The van der Waals surface area contributed by atoms with Crippen molar-refractivity contribution in [3.05, 3.63) is 91.8 Å². The van der Waals surface area contributed by atoms with E-state index >= 15 is 0 Å². The summed E-state index contributed by atoms with van der Waals surface area (Å²) < 4.78 is 29.7. The van der Waals surface area contributed by atoms with E-state index in [2.05, 4.69) is 4.98 Å². The van der Waals surface area contributed by atoms with Gasteiger partial charge in [-0.2, -0.15) is 0 Å². The molecule has 0 saturated heterocycles. The molecule has 3 N–H and O–H groups in total. The van der Waals surface area contributed by atoms with Crippen molar-refractivity contribution in [2.75, 3.05) is 7.11 Å². The molecule has 0 unspecified atom stereocenters. The molecule has 0 bridgehead atoms. The van der Waals surface area contributed by atoms with E-state index in [0.29, 0.717) is 17.0 Å². The van der Waals surface area contributed by atoms with Gasteiger partial charge < -0.3 is 4.74 Å². The number of hydrogen-bond acceptors (Lipinski definition) is 5. The van der Waals surface area contributed by atoms with Crippen molar-refractivity contribution in [3.8, 4) is 11.4 Å². The molecule has 8 nitrogen and oxygen atoms in total. The first-order valence-corrected chi connectivity index (χ1v) is 11.9. The van der Waals surface area contributed by atoms with Gasteiger partial charge in [-0.1, -0.05) is 57.2 Å². The van der Waals surface area contributed by atoms with Crippen LogP contribution in [0.25, 0.3) is 17.8 Å². The zero-order valence-corrected chi connectivity index (χ0v) is 28.0. The number of rotatable bonds is 6. The molecule has 0 aliphatic rings. The minimum Gasteiger partial charge on any atom is -0.496 e. The first-order chi connectivity index (χ1) is 15.4. The molecule has 3 aromatic rings. The summed E-state index contributed by atoms with van der Waals surface area (Å²) in [5.41, 5.74) is 2.38. The van der Waals surface area contributed by atoms with Crippen LogP contribution in [-0.4, -0.2) is 128 Å². The van der Waals surface area contributed by atoms with Crippen LogP contribution in [-0.2, 0) is 21.2 Å². The van der Waals surface area contributed by atoms with Crippen LogP contribution in [0.4, 0.5) is 0 Å². The fourth-order valence-corrected chi connectivity index (χ4v) is 4.10. The number of nitrogens with one attached hydrogen (secondary N) is 1. The first kappa shape index (κ1) is 32.9. The van der Waals surface area contributed by atoms with E-state index in [4.69, 9.17) is 9.88 Å². The molecule has 0 aliphatic heterocycles. The number of methoxy groups -OCH3 is 1. The standard InChI is InChI=1S/C24H27N3O5S.2K/c1-24(2,3)20-14-19(27-12-11-21(28)26-23(27)29)13-18(22(20)32-4)10-9-16-5-7-17(8-6-16)15-33(25,30)31;;/h5-14H,15H2,1-4H3,(H2,25,30,31)(H,26,28,29);;. The van der Waals surface area contributed by atoms with Crippen LogP contribution in [0.5, 0.6) is 5.75 Å². The van der Waals surface area contributed by atoms with Gasteiger partial charge in [-0.05, 0) is 28.7 Å². The Kier molecular flexibility index (Phi) is 12.8. The van der Waals surface area contributed by atoms with Crippen LogP contribution in [0.1, 0.15) is 43.0 Å². The second-order valence-corrected chi connectivity index (χ2v) is 10.3. The molecule has 3 rings (SSSR count). The maximum Gasteiger partial charge on any atom is 0.332 e. The van der Waals surface area contributed by atoms with Gasteiger partial charge >= 0.3 is 5.69 Å². The Morgan fingerprint density at radius 1 is 1.03 bits per heavy atom. The van der Waals surface area contributed by atoms with Gasteiger partial charge in [0.05, 0.1) is 18.6 Å². The van der Waals surface area contributed by atoms with E-state index in [0.717, 1.165) is 16.7 Å². The average molecular weight is 548 g/mol. The molecule has 0 aliphatic carbocycles. The summed E-state index contributed by atoms with van der Waals surface area (Å²) >= 11 is 0. The summed E-state index contributed by atoms with van der Waals surface area (Å²) in [6.45, 7) is 6.13. The van der Waals surface area contributed by atoms with Gasteiger partial charge in [0.15, 0.2) is 0 Å². The SMILES string of the molecule is COc1c(C=Cc2ccc(CS(N)(=O)=O)cc2)cc(-n2ccc(=O)[nH]c2=O)cc1C(C)(C)C.[K].[K]. The van der Waals surface area contributed by atoms with Crippen molar-refractivity contribution < 1.29 is 13.2 Å². The van der Waals surface area contributed by atoms with Gasteiger partial charge in [-0.25, -0.2) is 18.4 Å². The third-order valence-electron chi connectivity index (χ3n) is 5.02. The van der Waals surface area contributed by atoms with E-state index in [9.17, 15) is 18.0 Å². The van der Waals surface area contributed by atoms with Gasteiger partial charge in [0.1, 0.15) is 5.75 Å². The molecule has 35 heavy (non-hydrogen) atoms. The molecule has 0 spiro atoms. The number of sulfonamides is 1. The van der Waals surface area contributed by atoms with Crippen LogP contribution >= 0.6 is 0 Å². The van der Waals surface area contributed by atoms with Crippen LogP contribution < -0.4 is 21.1 Å². The van der Waals surface area contributed by atoms with Crippen molar-refractivity contribution in [1.82, 2.24) is 9.55 Å². The Hall–Kier alpha value is -0.157. The van der Waals surface area contributed by atoms with Crippen LogP contribution in [0.3, 0.4) is 0 Å². The normalized spacial score (nSPS) is 11.6. The van der Waals surface area contributed by atoms with Crippen LogP contribution in [0.15, 0.2) is 58.3 Å². The molecule has 2 aromatic carbocycles. The largest absolute Gasteiger partial charge is 0.496 e. The van der Waals surface area contributed by atoms with Crippen molar-refractivity contribution in [2.45, 2.75) is 31.9 Å². The summed E-state index contributed by atoms with van der Waals surface area (Å²) in [6.07, 6.45) is 5.17. The Bertz CT molecular complexity index is 1420. The number of primary sulfonamides is 1. The smallest absolute Gasteiger partial charge is 0.332 e. The topological polar surface area (TPSA) is 124 Å². The van der Waals surface area contributed by atoms with Gasteiger partial charge in [0.2, 0.25) is 10.0 Å². The predicted molar refractivity (Wildman–Crippen MR) is 142 cm³/mol. The quantitative estimate of drug-likeness (QED) is 0.361. The second-order valence-electron chi connectivity index (χ2n) is 8.73. The number of aromatic amines is 1. The molecule has 0 atom stereocenters. The molecule has 0 saturated carbocycles. The number of hydrogen-bond donors (Lipinski definition) is 2. The third-order valence-corrected chi connectivity index (χ3v) is 5.76. The molecule has 176 valence electrons. The maximum atomic E-state index is 12.4. The molecule has 0 amide bonds. The van der Waals surface area contributed by atoms with Crippen LogP contribution in [0, 0.1) is 0 Å². The number of nitrogens with zero attached hydrogens (tertiary/aromatic N) is 1. The minimum absolute atomic E-state index is 0. The average Bonchev–Trinajstić information content (AvgIpc) is 2.71. The number of ether oxygens (including phenoxy) is 1. The fourth-order valence-electron chi connectivity index (χ4n) is 3.45. The van der Waals surface area contributed by atoms with E-state index in [-0.39, 0.29) is 114 Å². The number of aromatic nitrogens is 2. The number of benzene rings is 2. The fraction of sp³-hybridized carbons (Fsp3) is 0.250. The Morgan fingerprint density at radius 3 is 2.17 bits per heavy atom. The third kappa shape index (κ3) is 9.27. The van der Waals surface area contributed by atoms with Gasteiger partial charge in [-0.3, -0.25) is 14.3 Å². The molecule has 11 heteroatoms. The maximum absolute atomic E-state index is 12.4. The molecule has 2 radical (unpaired) electrons. The molecule has 1 aromatic heterocycles. The van der Waals surface area contributed by atoms with Gasteiger partial charge in [0, 0.05) is 126 Å².